The highest BCUT2D eigenvalue weighted by atomic mass is 35.5. The van der Waals surface area contributed by atoms with Gasteiger partial charge >= 0.3 is 0 Å². The second-order valence-electron chi connectivity index (χ2n) is 7.24. The van der Waals surface area contributed by atoms with Crippen molar-refractivity contribution in [2.24, 2.45) is 0 Å². The van der Waals surface area contributed by atoms with Crippen molar-refractivity contribution in [3.63, 3.8) is 0 Å². The Balaban J connectivity index is 1.60. The van der Waals surface area contributed by atoms with Crippen LogP contribution < -0.4 is 5.32 Å². The largest absolute Gasteiger partial charge is 0.378 e. The number of hydrogen-bond donors (Lipinski definition) is 1. The Bertz CT molecular complexity index is 1240. The molecule has 5 nitrogen and oxygen atoms in total. The lowest BCUT2D eigenvalue weighted by Gasteiger charge is -2.20. The lowest BCUT2D eigenvalue weighted by Crippen LogP contribution is -2.16. The first-order valence-electron chi connectivity index (χ1n) is 9.78. The highest BCUT2D eigenvalue weighted by Gasteiger charge is 2.18. The molecule has 31 heavy (non-hydrogen) atoms. The topological polar surface area (TPSA) is 72.2 Å². The third-order valence-electron chi connectivity index (χ3n) is 5.15. The monoisotopic (exact) mass is 430 g/mol. The van der Waals surface area contributed by atoms with Crippen LogP contribution in [0.5, 0.6) is 0 Å². The van der Waals surface area contributed by atoms with Gasteiger partial charge in [-0.25, -0.2) is 0 Å². The predicted molar refractivity (Wildman–Crippen MR) is 124 cm³/mol. The quantitative estimate of drug-likeness (QED) is 0.198. The smallest absolute Gasteiger partial charge is 0.269 e. The van der Waals surface area contributed by atoms with E-state index < -0.39 is 4.92 Å². The van der Waals surface area contributed by atoms with E-state index in [0.29, 0.717) is 16.3 Å². The SMILES string of the molecule is O=C(CC(Nc1ccc([N+](=O)[O-])cc1)c1ccc(Cl)cc1)c1ccc2ccccc2c1. The molecule has 0 saturated carbocycles. The average molecular weight is 431 g/mol. The number of nitro groups is 1. The van der Waals surface area contributed by atoms with Crippen LogP contribution in [0.4, 0.5) is 11.4 Å². The molecule has 0 spiro atoms. The Morgan fingerprint density at radius 2 is 1.58 bits per heavy atom. The average Bonchev–Trinajstić information content (AvgIpc) is 2.79. The molecule has 1 atom stereocenters. The van der Waals surface area contributed by atoms with Crippen molar-refractivity contribution in [3.05, 3.63) is 117 Å². The molecule has 154 valence electrons. The Labute approximate surface area is 184 Å². The molecule has 0 aliphatic heterocycles. The van der Waals surface area contributed by atoms with Crippen LogP contribution in [-0.4, -0.2) is 10.7 Å². The molecule has 0 aliphatic rings. The van der Waals surface area contributed by atoms with Crippen molar-refractivity contribution in [3.8, 4) is 0 Å². The summed E-state index contributed by atoms with van der Waals surface area (Å²) in [6, 6.07) is 26.7. The van der Waals surface area contributed by atoms with E-state index in [-0.39, 0.29) is 23.9 Å². The van der Waals surface area contributed by atoms with Crippen LogP contribution in [0.3, 0.4) is 0 Å². The number of nitrogens with one attached hydrogen (secondary N) is 1. The van der Waals surface area contributed by atoms with E-state index in [1.807, 2.05) is 54.6 Å². The summed E-state index contributed by atoms with van der Waals surface area (Å²) < 4.78 is 0. The number of nitro benzene ring substituents is 1. The van der Waals surface area contributed by atoms with Gasteiger partial charge in [0.15, 0.2) is 5.78 Å². The van der Waals surface area contributed by atoms with Gasteiger partial charge in [0.2, 0.25) is 0 Å². The summed E-state index contributed by atoms with van der Waals surface area (Å²) in [6.07, 6.45) is 0.219. The van der Waals surface area contributed by atoms with Crippen LogP contribution in [0, 0.1) is 10.1 Å². The zero-order valence-electron chi connectivity index (χ0n) is 16.5. The minimum absolute atomic E-state index is 0.000106. The molecule has 0 bridgehead atoms. The van der Waals surface area contributed by atoms with Gasteiger partial charge in [0.25, 0.3) is 5.69 Å². The molecule has 1 N–H and O–H groups in total. The molecule has 0 aliphatic carbocycles. The van der Waals surface area contributed by atoms with Crippen molar-refractivity contribution < 1.29 is 9.72 Å². The number of rotatable bonds is 7. The van der Waals surface area contributed by atoms with Crippen molar-refractivity contribution in [1.82, 2.24) is 0 Å². The number of carbonyl (C=O) groups is 1. The normalized spacial score (nSPS) is 11.8. The molecule has 6 heteroatoms. The summed E-state index contributed by atoms with van der Waals surface area (Å²) in [6.45, 7) is 0. The molecule has 0 heterocycles. The number of fused-ring (bicyclic) bond motifs is 1. The number of halogens is 1. The Kier molecular flexibility index (Phi) is 5.96. The molecule has 4 rings (SSSR count). The molecule has 4 aromatic rings. The van der Waals surface area contributed by atoms with Gasteiger partial charge in [0.1, 0.15) is 0 Å². The molecular weight excluding hydrogens is 412 g/mol. The highest BCUT2D eigenvalue weighted by molar-refractivity contribution is 6.30. The summed E-state index contributed by atoms with van der Waals surface area (Å²) in [5, 5.41) is 16.9. The minimum atomic E-state index is -0.441. The number of anilines is 1. The molecule has 4 aromatic carbocycles. The van der Waals surface area contributed by atoms with Gasteiger partial charge in [-0.1, -0.05) is 60.1 Å². The van der Waals surface area contributed by atoms with Gasteiger partial charge < -0.3 is 5.32 Å². The van der Waals surface area contributed by atoms with Crippen molar-refractivity contribution in [2.45, 2.75) is 12.5 Å². The van der Waals surface area contributed by atoms with E-state index >= 15 is 0 Å². The molecule has 0 saturated heterocycles. The number of hydrogen-bond acceptors (Lipinski definition) is 4. The van der Waals surface area contributed by atoms with Gasteiger partial charge in [-0.2, -0.15) is 0 Å². The van der Waals surface area contributed by atoms with Gasteiger partial charge in [0.05, 0.1) is 11.0 Å². The van der Waals surface area contributed by atoms with Crippen molar-refractivity contribution in [2.75, 3.05) is 5.32 Å². The zero-order chi connectivity index (χ0) is 21.8. The fourth-order valence-electron chi connectivity index (χ4n) is 3.49. The first kappa shape index (κ1) is 20.6. The number of carbonyl (C=O) groups excluding carboxylic acids is 1. The lowest BCUT2D eigenvalue weighted by atomic mass is 9.96. The van der Waals surface area contributed by atoms with E-state index in [2.05, 4.69) is 5.32 Å². The lowest BCUT2D eigenvalue weighted by molar-refractivity contribution is -0.384. The molecule has 0 radical (unpaired) electrons. The number of Topliss-reactive ketones (excluding diaryl/α,β-unsaturated/α-hetero) is 1. The maximum Gasteiger partial charge on any atom is 0.269 e. The predicted octanol–water partition coefficient (Wildman–Crippen LogP) is 6.83. The number of non-ortho nitro benzene ring substituents is 1. The summed E-state index contributed by atoms with van der Waals surface area (Å²) in [7, 11) is 0. The molecule has 0 aromatic heterocycles. The Hall–Kier alpha value is -3.70. The van der Waals surface area contributed by atoms with Crippen molar-refractivity contribution >= 4 is 39.5 Å². The maximum absolute atomic E-state index is 13.1. The van der Waals surface area contributed by atoms with Crippen LogP contribution in [0.1, 0.15) is 28.4 Å². The summed E-state index contributed by atoms with van der Waals surface area (Å²) in [5.74, 6) is 0.000106. The van der Waals surface area contributed by atoms with E-state index in [9.17, 15) is 14.9 Å². The summed E-state index contributed by atoms with van der Waals surface area (Å²) in [5.41, 5.74) is 2.25. The van der Waals surface area contributed by atoms with Gasteiger partial charge in [-0.05, 0) is 46.7 Å². The van der Waals surface area contributed by atoms with E-state index in [1.54, 1.807) is 24.3 Å². The van der Waals surface area contributed by atoms with E-state index in [0.717, 1.165) is 16.3 Å². The van der Waals surface area contributed by atoms with Crippen LogP contribution in [0.2, 0.25) is 5.02 Å². The van der Waals surface area contributed by atoms with Crippen LogP contribution >= 0.6 is 11.6 Å². The van der Waals surface area contributed by atoms with E-state index in [1.165, 1.54) is 12.1 Å². The van der Waals surface area contributed by atoms with E-state index in [4.69, 9.17) is 11.6 Å². The zero-order valence-corrected chi connectivity index (χ0v) is 17.3. The number of benzene rings is 4. The second kappa shape index (κ2) is 8.98. The van der Waals surface area contributed by atoms with Gasteiger partial charge in [-0.15, -0.1) is 0 Å². The summed E-state index contributed by atoms with van der Waals surface area (Å²) in [4.78, 5) is 23.6. The Morgan fingerprint density at radius 3 is 2.26 bits per heavy atom. The van der Waals surface area contributed by atoms with Gasteiger partial charge in [0, 0.05) is 34.8 Å². The fraction of sp³-hybridized carbons (Fsp3) is 0.0800. The van der Waals surface area contributed by atoms with Crippen LogP contribution in [0.15, 0.2) is 91.0 Å². The molecule has 1 unspecified atom stereocenters. The Morgan fingerprint density at radius 1 is 0.903 bits per heavy atom. The minimum Gasteiger partial charge on any atom is -0.378 e. The molecule has 0 amide bonds. The molecule has 0 fully saturated rings. The first-order chi connectivity index (χ1) is 15.0. The first-order valence-corrected chi connectivity index (χ1v) is 10.2. The molecular formula is C25H19ClN2O3. The number of ketones is 1. The van der Waals surface area contributed by atoms with Crippen LogP contribution in [0.25, 0.3) is 10.8 Å². The third kappa shape index (κ3) is 4.90. The van der Waals surface area contributed by atoms with Crippen LogP contribution in [-0.2, 0) is 0 Å². The highest BCUT2D eigenvalue weighted by Crippen LogP contribution is 2.27. The van der Waals surface area contributed by atoms with Gasteiger partial charge in [-0.3, -0.25) is 14.9 Å². The fourth-order valence-corrected chi connectivity index (χ4v) is 3.62. The third-order valence-corrected chi connectivity index (χ3v) is 5.40. The second-order valence-corrected chi connectivity index (χ2v) is 7.68. The maximum atomic E-state index is 13.1. The standard InChI is InChI=1S/C25H19ClN2O3/c26-21-9-7-18(8-10-21)24(27-22-11-13-23(14-12-22)28(30)31)16-25(29)20-6-5-17-3-1-2-4-19(17)15-20/h1-15,24,27H,16H2. The van der Waals surface area contributed by atoms with Crippen molar-refractivity contribution in [1.29, 1.82) is 0 Å². The summed E-state index contributed by atoms with van der Waals surface area (Å²) >= 11 is 6.03. The number of nitrogens with zero attached hydrogens (tertiary/aromatic N) is 1.